The van der Waals surface area contributed by atoms with Crippen LogP contribution in [0.5, 0.6) is 0 Å². The average Bonchev–Trinajstić information content (AvgIpc) is 2.73. The largest absolute Gasteiger partial charge is 0.444 e. The minimum absolute atomic E-state index is 0.167. The number of amides is 1. The molecule has 0 aromatic carbocycles. The number of rotatable bonds is 2. The third-order valence-corrected chi connectivity index (χ3v) is 4.09. The van der Waals surface area contributed by atoms with E-state index in [1.807, 2.05) is 25.7 Å². The second kappa shape index (κ2) is 6.31. The summed E-state index contributed by atoms with van der Waals surface area (Å²) >= 11 is 0. The number of hydrogen-bond acceptors (Lipinski definition) is 4. The number of ether oxygens (including phenoxy) is 1. The lowest BCUT2D eigenvalue weighted by Crippen LogP contribution is -2.43. The minimum atomic E-state index is -0.403. The van der Waals surface area contributed by atoms with Crippen molar-refractivity contribution in [3.63, 3.8) is 0 Å². The monoisotopic (exact) mass is 283 g/mol. The van der Waals surface area contributed by atoms with E-state index in [2.05, 4.69) is 4.90 Å². The Morgan fingerprint density at radius 1 is 1.20 bits per heavy atom. The van der Waals surface area contributed by atoms with Crippen LogP contribution in [0, 0.1) is 5.92 Å². The van der Waals surface area contributed by atoms with Crippen molar-refractivity contribution in [2.75, 3.05) is 32.7 Å². The molecule has 0 spiro atoms. The van der Waals surface area contributed by atoms with E-state index in [9.17, 15) is 4.79 Å². The van der Waals surface area contributed by atoms with Crippen LogP contribution >= 0.6 is 0 Å². The molecule has 2 aliphatic heterocycles. The van der Waals surface area contributed by atoms with Gasteiger partial charge in [0.05, 0.1) is 0 Å². The van der Waals surface area contributed by atoms with Crippen LogP contribution in [-0.4, -0.2) is 60.3 Å². The van der Waals surface area contributed by atoms with Crippen molar-refractivity contribution >= 4 is 6.09 Å². The first-order valence-corrected chi connectivity index (χ1v) is 7.79. The maximum atomic E-state index is 12.0. The van der Waals surface area contributed by atoms with E-state index < -0.39 is 5.60 Å². The van der Waals surface area contributed by atoms with Gasteiger partial charge in [-0.3, -0.25) is 0 Å². The van der Waals surface area contributed by atoms with E-state index in [4.69, 9.17) is 10.5 Å². The predicted molar refractivity (Wildman–Crippen MR) is 79.6 cm³/mol. The molecule has 0 aliphatic carbocycles. The normalized spacial score (nSPS) is 26.0. The zero-order valence-electron chi connectivity index (χ0n) is 13.1. The van der Waals surface area contributed by atoms with Gasteiger partial charge in [-0.1, -0.05) is 0 Å². The Bertz CT molecular complexity index is 333. The highest BCUT2D eigenvalue weighted by Crippen LogP contribution is 2.22. The van der Waals surface area contributed by atoms with Gasteiger partial charge in [0.1, 0.15) is 5.60 Å². The van der Waals surface area contributed by atoms with Crippen molar-refractivity contribution in [3.05, 3.63) is 0 Å². The smallest absolute Gasteiger partial charge is 0.410 e. The summed E-state index contributed by atoms with van der Waals surface area (Å²) in [5, 5.41) is 0. The maximum Gasteiger partial charge on any atom is 0.410 e. The summed E-state index contributed by atoms with van der Waals surface area (Å²) in [7, 11) is 0. The highest BCUT2D eigenvalue weighted by Gasteiger charge is 2.29. The van der Waals surface area contributed by atoms with E-state index in [1.165, 1.54) is 0 Å². The number of carbonyl (C=O) groups excluding carboxylic acids is 1. The van der Waals surface area contributed by atoms with Gasteiger partial charge in [-0.15, -0.1) is 0 Å². The summed E-state index contributed by atoms with van der Waals surface area (Å²) in [5.74, 6) is 0.694. The molecule has 0 unspecified atom stereocenters. The first-order chi connectivity index (χ1) is 9.33. The molecule has 2 N–H and O–H groups in total. The van der Waals surface area contributed by atoms with Crippen LogP contribution in [0.1, 0.15) is 40.0 Å². The van der Waals surface area contributed by atoms with Crippen LogP contribution in [0.25, 0.3) is 0 Å². The van der Waals surface area contributed by atoms with Gasteiger partial charge in [0.2, 0.25) is 0 Å². The van der Waals surface area contributed by atoms with Crippen LogP contribution in [0.3, 0.4) is 0 Å². The lowest BCUT2D eigenvalue weighted by Gasteiger charge is -2.34. The molecule has 1 amide bonds. The van der Waals surface area contributed by atoms with E-state index in [0.717, 1.165) is 52.0 Å². The predicted octanol–water partition coefficient (Wildman–Crippen LogP) is 1.67. The number of carbonyl (C=O) groups is 1. The lowest BCUT2D eigenvalue weighted by molar-refractivity contribution is 0.0172. The standard InChI is InChI=1S/C15H29N3O2/c1-15(2,3)20-14(19)18-8-4-12(5-9-18)10-17-7-6-13(16)11-17/h12-13H,4-11,16H2,1-3H3/t13-/m1/s1. The first-order valence-electron chi connectivity index (χ1n) is 7.79. The van der Waals surface area contributed by atoms with Crippen molar-refractivity contribution < 1.29 is 9.53 Å². The van der Waals surface area contributed by atoms with Crippen molar-refractivity contribution in [2.24, 2.45) is 11.7 Å². The fourth-order valence-corrected chi connectivity index (χ4v) is 3.02. The summed E-state index contributed by atoms with van der Waals surface area (Å²) in [4.78, 5) is 16.3. The van der Waals surface area contributed by atoms with E-state index in [0.29, 0.717) is 12.0 Å². The molecule has 0 aromatic rings. The highest BCUT2D eigenvalue weighted by molar-refractivity contribution is 5.68. The van der Waals surface area contributed by atoms with Gasteiger partial charge in [-0.05, 0) is 52.5 Å². The van der Waals surface area contributed by atoms with Crippen molar-refractivity contribution in [3.8, 4) is 0 Å². The molecule has 0 bridgehead atoms. The van der Waals surface area contributed by atoms with Gasteiger partial charge >= 0.3 is 6.09 Å². The van der Waals surface area contributed by atoms with Gasteiger partial charge in [-0.2, -0.15) is 0 Å². The molecule has 2 saturated heterocycles. The van der Waals surface area contributed by atoms with Crippen molar-refractivity contribution in [1.82, 2.24) is 9.80 Å². The van der Waals surface area contributed by atoms with Gasteiger partial charge in [0.25, 0.3) is 0 Å². The van der Waals surface area contributed by atoms with E-state index in [1.54, 1.807) is 0 Å². The quantitative estimate of drug-likeness (QED) is 0.837. The Balaban J connectivity index is 1.71. The number of likely N-dealkylation sites (tertiary alicyclic amines) is 2. The number of nitrogens with two attached hydrogens (primary N) is 1. The summed E-state index contributed by atoms with van der Waals surface area (Å²) in [5.41, 5.74) is 5.54. The lowest BCUT2D eigenvalue weighted by atomic mass is 9.96. The molecule has 5 heteroatoms. The van der Waals surface area contributed by atoms with Crippen molar-refractivity contribution in [2.45, 2.75) is 51.7 Å². The SMILES string of the molecule is CC(C)(C)OC(=O)N1CCC(CN2CC[C@@H](N)C2)CC1. The van der Waals surface area contributed by atoms with Gasteiger partial charge in [0.15, 0.2) is 0 Å². The summed E-state index contributed by atoms with van der Waals surface area (Å²) in [6.07, 6.45) is 3.10. The zero-order valence-corrected chi connectivity index (χ0v) is 13.1. The summed E-state index contributed by atoms with van der Waals surface area (Å²) in [6.45, 7) is 10.7. The first kappa shape index (κ1) is 15.6. The Labute approximate surface area is 122 Å². The third kappa shape index (κ3) is 4.63. The van der Waals surface area contributed by atoms with Crippen LogP contribution in [0.15, 0.2) is 0 Å². The molecule has 1 atom stereocenters. The Morgan fingerprint density at radius 2 is 1.85 bits per heavy atom. The number of hydrogen-bond donors (Lipinski definition) is 1. The minimum Gasteiger partial charge on any atom is -0.444 e. The maximum absolute atomic E-state index is 12.0. The molecule has 0 saturated carbocycles. The van der Waals surface area contributed by atoms with Crippen LogP contribution in [0.2, 0.25) is 0 Å². The molecule has 116 valence electrons. The van der Waals surface area contributed by atoms with E-state index in [-0.39, 0.29) is 6.09 Å². The average molecular weight is 283 g/mol. The van der Waals surface area contributed by atoms with Gasteiger partial charge in [0, 0.05) is 32.2 Å². The topological polar surface area (TPSA) is 58.8 Å². The molecule has 0 radical (unpaired) electrons. The summed E-state index contributed by atoms with van der Waals surface area (Å²) in [6, 6.07) is 0.358. The molecule has 2 rings (SSSR count). The fraction of sp³-hybridized carbons (Fsp3) is 0.933. The Kier molecular flexibility index (Phi) is 4.91. The van der Waals surface area contributed by atoms with Crippen LogP contribution in [0.4, 0.5) is 4.79 Å². The molecule has 20 heavy (non-hydrogen) atoms. The second-order valence-electron chi connectivity index (χ2n) is 7.22. The molecular formula is C15H29N3O2. The van der Waals surface area contributed by atoms with Crippen LogP contribution < -0.4 is 5.73 Å². The fourth-order valence-electron chi connectivity index (χ4n) is 3.02. The molecule has 5 nitrogen and oxygen atoms in total. The molecule has 2 heterocycles. The molecule has 0 aromatic heterocycles. The van der Waals surface area contributed by atoms with E-state index >= 15 is 0 Å². The molecular weight excluding hydrogens is 254 g/mol. The third-order valence-electron chi connectivity index (χ3n) is 4.09. The molecule has 2 fully saturated rings. The Hall–Kier alpha value is -0.810. The highest BCUT2D eigenvalue weighted by atomic mass is 16.6. The Morgan fingerprint density at radius 3 is 2.35 bits per heavy atom. The van der Waals surface area contributed by atoms with Crippen LogP contribution in [-0.2, 0) is 4.74 Å². The van der Waals surface area contributed by atoms with Gasteiger partial charge < -0.3 is 20.3 Å². The zero-order chi connectivity index (χ0) is 14.8. The number of nitrogens with zero attached hydrogens (tertiary/aromatic N) is 2. The number of piperidine rings is 1. The van der Waals surface area contributed by atoms with Gasteiger partial charge in [-0.25, -0.2) is 4.79 Å². The summed E-state index contributed by atoms with van der Waals surface area (Å²) < 4.78 is 5.42. The second-order valence-corrected chi connectivity index (χ2v) is 7.22. The van der Waals surface area contributed by atoms with Crippen molar-refractivity contribution in [1.29, 1.82) is 0 Å². The molecule has 2 aliphatic rings.